The summed E-state index contributed by atoms with van der Waals surface area (Å²) in [7, 11) is 1.66. The number of nitrogens with one attached hydrogen (secondary N) is 1. The molecule has 0 heterocycles. The summed E-state index contributed by atoms with van der Waals surface area (Å²) >= 11 is 0. The highest BCUT2D eigenvalue weighted by Crippen LogP contribution is 2.21. The van der Waals surface area contributed by atoms with E-state index in [9.17, 15) is 5.11 Å². The summed E-state index contributed by atoms with van der Waals surface area (Å²) < 4.78 is 11.2. The summed E-state index contributed by atoms with van der Waals surface area (Å²) in [4.78, 5) is 0. The first kappa shape index (κ1) is 19.0. The minimum atomic E-state index is -0.611. The standard InChI is InChI=1S/C23H25NO3/c1-26-23-13-6-5-10-20(23)15-24-16-22(25)19-11-7-12-21(14-19)27-17-18-8-3-2-4-9-18/h2-14,22,24-25H,15-17H2,1H3/t22-/m1/s1. The van der Waals surface area contributed by atoms with Crippen LogP contribution in [0, 0.1) is 0 Å². The second-order valence-electron chi connectivity index (χ2n) is 6.31. The van der Waals surface area contributed by atoms with Crippen LogP contribution in [0.2, 0.25) is 0 Å². The number of hydrogen-bond donors (Lipinski definition) is 2. The molecule has 0 amide bonds. The molecule has 4 nitrogen and oxygen atoms in total. The van der Waals surface area contributed by atoms with Crippen LogP contribution < -0.4 is 14.8 Å². The van der Waals surface area contributed by atoms with Crippen LogP contribution >= 0.6 is 0 Å². The van der Waals surface area contributed by atoms with Crippen molar-refractivity contribution in [1.82, 2.24) is 5.32 Å². The molecule has 27 heavy (non-hydrogen) atoms. The van der Waals surface area contributed by atoms with Gasteiger partial charge in [-0.25, -0.2) is 0 Å². The minimum absolute atomic E-state index is 0.445. The lowest BCUT2D eigenvalue weighted by Crippen LogP contribution is -2.21. The van der Waals surface area contributed by atoms with Gasteiger partial charge in [-0.15, -0.1) is 0 Å². The van der Waals surface area contributed by atoms with Crippen molar-refractivity contribution in [2.45, 2.75) is 19.3 Å². The Labute approximate surface area is 160 Å². The molecule has 1 atom stereocenters. The van der Waals surface area contributed by atoms with Crippen molar-refractivity contribution >= 4 is 0 Å². The molecule has 0 radical (unpaired) electrons. The molecule has 0 saturated carbocycles. The van der Waals surface area contributed by atoms with E-state index >= 15 is 0 Å². The number of para-hydroxylation sites is 1. The highest BCUT2D eigenvalue weighted by atomic mass is 16.5. The maximum absolute atomic E-state index is 10.5. The molecule has 3 rings (SSSR count). The molecule has 4 heteroatoms. The van der Waals surface area contributed by atoms with Crippen LogP contribution in [0.5, 0.6) is 11.5 Å². The zero-order valence-corrected chi connectivity index (χ0v) is 15.5. The number of aliphatic hydroxyl groups is 1. The van der Waals surface area contributed by atoms with E-state index in [4.69, 9.17) is 9.47 Å². The van der Waals surface area contributed by atoms with Crippen LogP contribution in [0.4, 0.5) is 0 Å². The molecular weight excluding hydrogens is 338 g/mol. The maximum atomic E-state index is 10.5. The first-order valence-electron chi connectivity index (χ1n) is 9.03. The summed E-state index contributed by atoms with van der Waals surface area (Å²) in [6, 6.07) is 25.5. The zero-order chi connectivity index (χ0) is 18.9. The van der Waals surface area contributed by atoms with Gasteiger partial charge in [0, 0.05) is 18.7 Å². The Kier molecular flexibility index (Phi) is 6.85. The second-order valence-corrected chi connectivity index (χ2v) is 6.31. The molecular formula is C23H25NO3. The SMILES string of the molecule is COc1ccccc1CNC[C@@H](O)c1cccc(OCc2ccccc2)c1. The maximum Gasteiger partial charge on any atom is 0.123 e. The second kappa shape index (κ2) is 9.76. The monoisotopic (exact) mass is 363 g/mol. The van der Waals surface area contributed by atoms with Gasteiger partial charge in [0.1, 0.15) is 18.1 Å². The van der Waals surface area contributed by atoms with E-state index in [0.717, 1.165) is 28.2 Å². The van der Waals surface area contributed by atoms with Gasteiger partial charge in [0.25, 0.3) is 0 Å². The number of methoxy groups -OCH3 is 1. The number of aliphatic hydroxyl groups excluding tert-OH is 1. The molecule has 0 bridgehead atoms. The van der Waals surface area contributed by atoms with Gasteiger partial charge in [-0.2, -0.15) is 0 Å². The van der Waals surface area contributed by atoms with Crippen LogP contribution in [0.3, 0.4) is 0 Å². The van der Waals surface area contributed by atoms with E-state index < -0.39 is 6.10 Å². The Balaban J connectivity index is 1.53. The fraction of sp³-hybridized carbons (Fsp3) is 0.217. The van der Waals surface area contributed by atoms with Gasteiger partial charge in [0.2, 0.25) is 0 Å². The highest BCUT2D eigenvalue weighted by Gasteiger charge is 2.09. The largest absolute Gasteiger partial charge is 0.496 e. The molecule has 0 fully saturated rings. The van der Waals surface area contributed by atoms with E-state index in [1.807, 2.05) is 78.9 Å². The van der Waals surface area contributed by atoms with Crippen molar-refractivity contribution in [3.8, 4) is 11.5 Å². The van der Waals surface area contributed by atoms with Crippen molar-refractivity contribution in [3.05, 3.63) is 95.6 Å². The Hall–Kier alpha value is -2.82. The quantitative estimate of drug-likeness (QED) is 0.601. The minimum Gasteiger partial charge on any atom is -0.496 e. The van der Waals surface area contributed by atoms with Crippen LogP contribution in [-0.4, -0.2) is 18.8 Å². The van der Waals surface area contributed by atoms with Crippen LogP contribution in [-0.2, 0) is 13.2 Å². The van der Waals surface area contributed by atoms with E-state index in [0.29, 0.717) is 19.7 Å². The van der Waals surface area contributed by atoms with E-state index in [-0.39, 0.29) is 0 Å². The Morgan fingerprint density at radius 2 is 1.70 bits per heavy atom. The van der Waals surface area contributed by atoms with Crippen LogP contribution in [0.25, 0.3) is 0 Å². The average molecular weight is 363 g/mol. The average Bonchev–Trinajstić information content (AvgIpc) is 2.73. The van der Waals surface area contributed by atoms with Gasteiger partial charge in [-0.3, -0.25) is 0 Å². The molecule has 0 spiro atoms. The van der Waals surface area contributed by atoms with E-state index in [1.165, 1.54) is 0 Å². The molecule has 140 valence electrons. The van der Waals surface area contributed by atoms with E-state index in [2.05, 4.69) is 5.32 Å². The summed E-state index contributed by atoms with van der Waals surface area (Å²) in [5.74, 6) is 1.59. The number of hydrogen-bond acceptors (Lipinski definition) is 4. The third-order valence-electron chi connectivity index (χ3n) is 4.34. The summed E-state index contributed by atoms with van der Waals surface area (Å²) in [6.07, 6.45) is -0.611. The fourth-order valence-electron chi connectivity index (χ4n) is 2.86. The molecule has 3 aromatic carbocycles. The number of ether oxygens (including phenoxy) is 2. The lowest BCUT2D eigenvalue weighted by Gasteiger charge is -2.15. The van der Waals surface area contributed by atoms with Crippen molar-refractivity contribution in [2.24, 2.45) is 0 Å². The van der Waals surface area contributed by atoms with E-state index in [1.54, 1.807) is 7.11 Å². The third-order valence-corrected chi connectivity index (χ3v) is 4.34. The normalized spacial score (nSPS) is 11.8. The third kappa shape index (κ3) is 5.58. The molecule has 0 saturated heterocycles. The van der Waals surface area contributed by atoms with Gasteiger partial charge < -0.3 is 19.9 Å². The van der Waals surface area contributed by atoms with Gasteiger partial charge in [0.15, 0.2) is 0 Å². The number of benzene rings is 3. The summed E-state index contributed by atoms with van der Waals surface area (Å²) in [6.45, 7) is 1.58. The zero-order valence-electron chi connectivity index (χ0n) is 15.5. The van der Waals surface area contributed by atoms with Gasteiger partial charge in [0.05, 0.1) is 13.2 Å². The molecule has 2 N–H and O–H groups in total. The summed E-state index contributed by atoms with van der Waals surface area (Å²) in [5.41, 5.74) is 3.00. The van der Waals surface area contributed by atoms with Crippen LogP contribution in [0.15, 0.2) is 78.9 Å². The smallest absolute Gasteiger partial charge is 0.123 e. The molecule has 0 aliphatic heterocycles. The Morgan fingerprint density at radius 1 is 0.926 bits per heavy atom. The number of rotatable bonds is 9. The van der Waals surface area contributed by atoms with Crippen molar-refractivity contribution in [3.63, 3.8) is 0 Å². The van der Waals surface area contributed by atoms with Crippen molar-refractivity contribution in [1.29, 1.82) is 0 Å². The molecule has 0 unspecified atom stereocenters. The fourth-order valence-corrected chi connectivity index (χ4v) is 2.86. The lowest BCUT2D eigenvalue weighted by molar-refractivity contribution is 0.173. The van der Waals surface area contributed by atoms with Gasteiger partial charge in [-0.1, -0.05) is 60.7 Å². The highest BCUT2D eigenvalue weighted by molar-refractivity contribution is 5.33. The Morgan fingerprint density at radius 3 is 2.52 bits per heavy atom. The van der Waals surface area contributed by atoms with Gasteiger partial charge >= 0.3 is 0 Å². The van der Waals surface area contributed by atoms with Crippen molar-refractivity contribution < 1.29 is 14.6 Å². The lowest BCUT2D eigenvalue weighted by atomic mass is 10.1. The first-order chi connectivity index (χ1) is 13.3. The predicted molar refractivity (Wildman–Crippen MR) is 107 cm³/mol. The first-order valence-corrected chi connectivity index (χ1v) is 9.03. The molecule has 0 aromatic heterocycles. The van der Waals surface area contributed by atoms with Gasteiger partial charge in [-0.05, 0) is 29.3 Å². The summed E-state index contributed by atoms with van der Waals surface area (Å²) in [5, 5.41) is 13.8. The van der Waals surface area contributed by atoms with Crippen LogP contribution in [0.1, 0.15) is 22.8 Å². The van der Waals surface area contributed by atoms with Crippen molar-refractivity contribution in [2.75, 3.05) is 13.7 Å². The topological polar surface area (TPSA) is 50.7 Å². The molecule has 0 aliphatic rings. The Bertz CT molecular complexity index is 836. The predicted octanol–water partition coefficient (Wildman–Crippen LogP) is 4.10. The molecule has 0 aliphatic carbocycles. The molecule has 3 aromatic rings.